The molecular weight excluding hydrogens is 265 g/mol. The van der Waals surface area contributed by atoms with E-state index in [1.165, 1.54) is 15.9 Å². The fourth-order valence-corrected chi connectivity index (χ4v) is 2.71. The van der Waals surface area contributed by atoms with E-state index in [1.54, 1.807) is 6.07 Å². The Morgan fingerprint density at radius 2 is 2.24 bits per heavy atom. The molecule has 0 fully saturated rings. The molecule has 0 radical (unpaired) electrons. The minimum Gasteiger partial charge on any atom is -0.296 e. The summed E-state index contributed by atoms with van der Waals surface area (Å²) in [6.07, 6.45) is 0.664. The van der Waals surface area contributed by atoms with Crippen molar-refractivity contribution in [1.29, 1.82) is 0 Å². The van der Waals surface area contributed by atoms with E-state index >= 15 is 0 Å². The van der Waals surface area contributed by atoms with Crippen LogP contribution in [0.15, 0.2) is 22.0 Å². The summed E-state index contributed by atoms with van der Waals surface area (Å²) in [7, 11) is -4.83. The maximum Gasteiger partial charge on any atom is 0.368 e. The summed E-state index contributed by atoms with van der Waals surface area (Å²) in [5.74, 6) is 0.379. The zero-order valence-electron chi connectivity index (χ0n) is 9.00. The fraction of sp³-hybridized carbons (Fsp3) is 0.333. The Morgan fingerprint density at radius 3 is 2.76 bits per heavy atom. The molecule has 2 aromatic heterocycles. The van der Waals surface area contributed by atoms with Crippen molar-refractivity contribution in [1.82, 2.24) is 14.8 Å². The number of halogens is 1. The highest BCUT2D eigenvalue weighted by atomic mass is 32.3. The molecule has 0 N–H and O–H groups in total. The molecule has 17 heavy (non-hydrogen) atoms. The number of thiophene rings is 1. The van der Waals surface area contributed by atoms with E-state index in [0.717, 1.165) is 5.56 Å². The van der Waals surface area contributed by atoms with Crippen LogP contribution in [-0.2, 0) is 16.8 Å². The van der Waals surface area contributed by atoms with Crippen molar-refractivity contribution in [3.05, 3.63) is 16.8 Å². The highest BCUT2D eigenvalue weighted by molar-refractivity contribution is 7.86. The highest BCUT2D eigenvalue weighted by Gasteiger charge is 2.24. The number of hydrogen-bond acceptors (Lipinski definition) is 5. The second-order valence-corrected chi connectivity index (χ2v) is 5.43. The molecule has 0 saturated heterocycles. The van der Waals surface area contributed by atoms with Gasteiger partial charge in [-0.3, -0.25) is 4.57 Å². The summed E-state index contributed by atoms with van der Waals surface area (Å²) >= 11 is 1.45. The van der Waals surface area contributed by atoms with E-state index in [1.807, 2.05) is 17.7 Å². The molecule has 0 saturated carbocycles. The highest BCUT2D eigenvalue weighted by Crippen LogP contribution is 2.23. The molecule has 0 bridgehead atoms. The monoisotopic (exact) mass is 275 g/mol. The van der Waals surface area contributed by atoms with Crippen LogP contribution in [0.1, 0.15) is 13.3 Å². The average Bonchev–Trinajstić information content (AvgIpc) is 2.82. The number of rotatable bonds is 4. The van der Waals surface area contributed by atoms with Crippen molar-refractivity contribution in [2.45, 2.75) is 25.0 Å². The van der Waals surface area contributed by atoms with Gasteiger partial charge in [0.25, 0.3) is 5.16 Å². The molecule has 92 valence electrons. The molecule has 2 rings (SSSR count). The SMILES string of the molecule is CCCn1c(-c2ccsc2)nnc1S(=O)(=O)F. The number of nitrogens with zero attached hydrogens (tertiary/aromatic N) is 3. The Morgan fingerprint density at radius 1 is 1.47 bits per heavy atom. The summed E-state index contributed by atoms with van der Waals surface area (Å²) in [4.78, 5) is 0. The van der Waals surface area contributed by atoms with Gasteiger partial charge < -0.3 is 0 Å². The second kappa shape index (κ2) is 4.53. The zero-order valence-corrected chi connectivity index (χ0v) is 10.6. The first-order valence-corrected chi connectivity index (χ1v) is 7.27. The lowest BCUT2D eigenvalue weighted by molar-refractivity contribution is 0.520. The lowest BCUT2D eigenvalue weighted by atomic mass is 10.3. The smallest absolute Gasteiger partial charge is 0.296 e. The predicted octanol–water partition coefficient (Wildman–Crippen LogP) is 2.07. The van der Waals surface area contributed by atoms with Gasteiger partial charge in [-0.25, -0.2) is 0 Å². The maximum absolute atomic E-state index is 13.0. The summed E-state index contributed by atoms with van der Waals surface area (Å²) in [6, 6.07) is 1.79. The summed E-state index contributed by atoms with van der Waals surface area (Å²) in [6.45, 7) is 2.22. The van der Waals surface area contributed by atoms with Gasteiger partial charge in [-0.1, -0.05) is 10.8 Å². The number of aromatic nitrogens is 3. The van der Waals surface area contributed by atoms with E-state index in [-0.39, 0.29) is 0 Å². The van der Waals surface area contributed by atoms with E-state index in [9.17, 15) is 12.3 Å². The van der Waals surface area contributed by atoms with Gasteiger partial charge in [0.15, 0.2) is 5.82 Å². The molecular formula is C9H10FN3O2S2. The molecule has 0 unspecified atom stereocenters. The first-order valence-electron chi connectivity index (χ1n) is 4.94. The van der Waals surface area contributed by atoms with Gasteiger partial charge >= 0.3 is 10.2 Å². The molecule has 5 nitrogen and oxygen atoms in total. The van der Waals surface area contributed by atoms with Crippen molar-refractivity contribution < 1.29 is 12.3 Å². The van der Waals surface area contributed by atoms with Crippen molar-refractivity contribution in [3.63, 3.8) is 0 Å². The molecule has 2 aromatic rings. The van der Waals surface area contributed by atoms with E-state index in [4.69, 9.17) is 0 Å². The Balaban J connectivity index is 2.59. The van der Waals surface area contributed by atoms with Crippen LogP contribution in [0.5, 0.6) is 0 Å². The third-order valence-electron chi connectivity index (χ3n) is 2.16. The summed E-state index contributed by atoms with van der Waals surface area (Å²) in [5.41, 5.74) is 0.742. The fourth-order valence-electron chi connectivity index (χ4n) is 1.50. The van der Waals surface area contributed by atoms with Crippen LogP contribution < -0.4 is 0 Å². The first kappa shape index (κ1) is 12.2. The Kier molecular flexibility index (Phi) is 3.25. The van der Waals surface area contributed by atoms with Crippen LogP contribution in [0.4, 0.5) is 3.89 Å². The summed E-state index contributed by atoms with van der Waals surface area (Å²) in [5, 5.41) is 10.2. The second-order valence-electron chi connectivity index (χ2n) is 3.41. The van der Waals surface area contributed by atoms with E-state index < -0.39 is 15.4 Å². The zero-order chi connectivity index (χ0) is 12.5. The third-order valence-corrected chi connectivity index (χ3v) is 3.58. The molecule has 0 aliphatic carbocycles. The van der Waals surface area contributed by atoms with Crippen LogP contribution in [0, 0.1) is 0 Å². The van der Waals surface area contributed by atoms with Crippen molar-refractivity contribution in [2.75, 3.05) is 0 Å². The first-order chi connectivity index (χ1) is 8.04. The largest absolute Gasteiger partial charge is 0.368 e. The van der Waals surface area contributed by atoms with E-state index in [2.05, 4.69) is 10.2 Å². The third kappa shape index (κ3) is 2.37. The topological polar surface area (TPSA) is 64.8 Å². The van der Waals surface area contributed by atoms with Crippen molar-refractivity contribution in [3.8, 4) is 11.4 Å². The van der Waals surface area contributed by atoms with Gasteiger partial charge in [0.2, 0.25) is 0 Å². The van der Waals surface area contributed by atoms with Gasteiger partial charge in [-0.2, -0.15) is 19.8 Å². The molecule has 0 atom stereocenters. The van der Waals surface area contributed by atoms with Gasteiger partial charge in [0.05, 0.1) is 0 Å². The van der Waals surface area contributed by atoms with Gasteiger partial charge in [-0.15, -0.1) is 10.2 Å². The lowest BCUT2D eigenvalue weighted by Crippen LogP contribution is -2.08. The normalized spacial score (nSPS) is 11.9. The minimum atomic E-state index is -4.83. The Hall–Kier alpha value is -1.28. The maximum atomic E-state index is 13.0. The van der Waals surface area contributed by atoms with Gasteiger partial charge in [0, 0.05) is 17.5 Å². The molecule has 0 spiro atoms. The Labute approximate surface area is 102 Å². The van der Waals surface area contributed by atoms with Gasteiger partial charge in [0.1, 0.15) is 0 Å². The minimum absolute atomic E-state index is 0.358. The molecule has 8 heteroatoms. The average molecular weight is 275 g/mol. The van der Waals surface area contributed by atoms with Crippen molar-refractivity contribution in [2.24, 2.45) is 0 Å². The van der Waals surface area contributed by atoms with Crippen LogP contribution >= 0.6 is 11.3 Å². The predicted molar refractivity (Wildman–Crippen MR) is 61.9 cm³/mol. The van der Waals surface area contributed by atoms with Crippen molar-refractivity contribution >= 4 is 21.6 Å². The molecule has 0 amide bonds. The molecule has 0 aliphatic rings. The van der Waals surface area contributed by atoms with Crippen LogP contribution in [0.3, 0.4) is 0 Å². The van der Waals surface area contributed by atoms with Crippen LogP contribution in [0.2, 0.25) is 0 Å². The molecule has 0 aliphatic heterocycles. The van der Waals surface area contributed by atoms with E-state index in [0.29, 0.717) is 18.8 Å². The quantitative estimate of drug-likeness (QED) is 0.801. The summed E-state index contributed by atoms with van der Waals surface area (Å²) < 4.78 is 36.1. The van der Waals surface area contributed by atoms with Crippen LogP contribution in [-0.4, -0.2) is 23.2 Å². The lowest BCUT2D eigenvalue weighted by Gasteiger charge is -2.05. The van der Waals surface area contributed by atoms with Gasteiger partial charge in [-0.05, 0) is 17.9 Å². The number of hydrogen-bond donors (Lipinski definition) is 0. The van der Waals surface area contributed by atoms with Crippen LogP contribution in [0.25, 0.3) is 11.4 Å². The molecule has 0 aromatic carbocycles. The molecule has 2 heterocycles. The Bertz CT molecular complexity index is 604. The standard InChI is InChI=1S/C9H10FN3O2S2/c1-2-4-13-8(7-3-5-16-6-7)11-12-9(13)17(10,14)15/h3,5-6H,2,4H2,1H3.